The monoisotopic (exact) mass is 414 g/mol. The summed E-state index contributed by atoms with van der Waals surface area (Å²) < 4.78 is 5.90. The summed E-state index contributed by atoms with van der Waals surface area (Å²) in [5, 5.41) is 2.93. The summed E-state index contributed by atoms with van der Waals surface area (Å²) in [6.45, 7) is 6.37. The van der Waals surface area contributed by atoms with E-state index in [0.29, 0.717) is 18.0 Å². The standard InChI is InChI=1S/C26H26N2O3/c1-17-7-4-5-10-23(17)31-22-13-11-21(12-14-22)27-26(30)20-15-24(29)28(16-20)25-18(2)8-6-9-19(25)3/h4-14,20H,15-16H2,1-3H3,(H,27,30)/t20-/m1/s1. The maximum atomic E-state index is 12.8. The summed E-state index contributed by atoms with van der Waals surface area (Å²) >= 11 is 0. The fourth-order valence-corrected chi connectivity index (χ4v) is 3.98. The van der Waals surface area contributed by atoms with Gasteiger partial charge in [-0.2, -0.15) is 0 Å². The van der Waals surface area contributed by atoms with E-state index in [1.54, 1.807) is 4.90 Å². The van der Waals surface area contributed by atoms with Crippen LogP contribution in [0.2, 0.25) is 0 Å². The molecule has 0 spiro atoms. The van der Waals surface area contributed by atoms with Gasteiger partial charge in [0.15, 0.2) is 0 Å². The summed E-state index contributed by atoms with van der Waals surface area (Å²) in [4.78, 5) is 27.2. The van der Waals surface area contributed by atoms with E-state index in [-0.39, 0.29) is 24.2 Å². The van der Waals surface area contributed by atoms with E-state index >= 15 is 0 Å². The van der Waals surface area contributed by atoms with Gasteiger partial charge in [0.25, 0.3) is 0 Å². The molecule has 0 saturated carbocycles. The lowest BCUT2D eigenvalue weighted by Gasteiger charge is -2.21. The van der Waals surface area contributed by atoms with Crippen LogP contribution < -0.4 is 15.0 Å². The molecule has 1 atom stereocenters. The van der Waals surface area contributed by atoms with Gasteiger partial charge in [0, 0.05) is 24.3 Å². The average molecular weight is 415 g/mol. The Bertz CT molecular complexity index is 1100. The van der Waals surface area contributed by atoms with E-state index in [0.717, 1.165) is 28.1 Å². The first-order valence-electron chi connectivity index (χ1n) is 10.4. The zero-order chi connectivity index (χ0) is 22.0. The summed E-state index contributed by atoms with van der Waals surface area (Å²) in [5.74, 6) is 0.962. The predicted octanol–water partition coefficient (Wildman–Crippen LogP) is 5.40. The molecule has 158 valence electrons. The lowest BCUT2D eigenvalue weighted by atomic mass is 10.1. The second kappa shape index (κ2) is 8.64. The minimum Gasteiger partial charge on any atom is -0.457 e. The number of nitrogens with zero attached hydrogens (tertiary/aromatic N) is 1. The Morgan fingerprint density at radius 1 is 0.903 bits per heavy atom. The second-order valence-electron chi connectivity index (χ2n) is 8.03. The fourth-order valence-electron chi connectivity index (χ4n) is 3.98. The van der Waals surface area contributed by atoms with Gasteiger partial charge in [-0.1, -0.05) is 36.4 Å². The number of carbonyl (C=O) groups excluding carboxylic acids is 2. The number of rotatable bonds is 5. The predicted molar refractivity (Wildman–Crippen MR) is 123 cm³/mol. The highest BCUT2D eigenvalue weighted by Crippen LogP contribution is 2.31. The molecule has 1 heterocycles. The zero-order valence-corrected chi connectivity index (χ0v) is 18.0. The van der Waals surface area contributed by atoms with E-state index in [1.165, 1.54) is 0 Å². The lowest BCUT2D eigenvalue weighted by Crippen LogP contribution is -2.29. The smallest absolute Gasteiger partial charge is 0.229 e. The molecule has 1 saturated heterocycles. The Hall–Kier alpha value is -3.60. The Morgan fingerprint density at radius 2 is 1.55 bits per heavy atom. The highest BCUT2D eigenvalue weighted by Gasteiger charge is 2.36. The number of amides is 2. The van der Waals surface area contributed by atoms with Gasteiger partial charge in [0.05, 0.1) is 5.92 Å². The molecule has 4 rings (SSSR count). The molecule has 0 aromatic heterocycles. The molecular weight excluding hydrogens is 388 g/mol. The molecule has 5 nitrogen and oxygen atoms in total. The fraction of sp³-hybridized carbons (Fsp3) is 0.231. The summed E-state index contributed by atoms with van der Waals surface area (Å²) in [5.41, 5.74) is 4.73. The molecule has 1 aliphatic rings. The molecule has 31 heavy (non-hydrogen) atoms. The Morgan fingerprint density at radius 3 is 2.23 bits per heavy atom. The summed E-state index contributed by atoms with van der Waals surface area (Å²) in [7, 11) is 0. The number of hydrogen-bond donors (Lipinski definition) is 1. The molecule has 0 radical (unpaired) electrons. The molecule has 5 heteroatoms. The summed E-state index contributed by atoms with van der Waals surface area (Å²) in [6.07, 6.45) is 0.216. The molecule has 1 N–H and O–H groups in total. The number of hydrogen-bond acceptors (Lipinski definition) is 3. The van der Waals surface area contributed by atoms with Gasteiger partial charge in [-0.25, -0.2) is 0 Å². The lowest BCUT2D eigenvalue weighted by molar-refractivity contribution is -0.122. The van der Waals surface area contributed by atoms with E-state index in [9.17, 15) is 9.59 Å². The molecule has 0 unspecified atom stereocenters. The van der Waals surface area contributed by atoms with Crippen molar-refractivity contribution in [2.75, 3.05) is 16.8 Å². The van der Waals surface area contributed by atoms with Crippen LogP contribution in [0, 0.1) is 26.7 Å². The normalized spacial score (nSPS) is 15.8. The third-order valence-corrected chi connectivity index (χ3v) is 5.65. The van der Waals surface area contributed by atoms with Crippen LogP contribution in [0.1, 0.15) is 23.1 Å². The second-order valence-corrected chi connectivity index (χ2v) is 8.03. The number of ether oxygens (including phenoxy) is 1. The van der Waals surface area contributed by atoms with Gasteiger partial charge >= 0.3 is 0 Å². The number of nitrogens with one attached hydrogen (secondary N) is 1. The first kappa shape index (κ1) is 20.7. The Balaban J connectivity index is 1.41. The van der Waals surface area contributed by atoms with Crippen molar-refractivity contribution in [3.8, 4) is 11.5 Å². The van der Waals surface area contributed by atoms with Crippen molar-refractivity contribution < 1.29 is 14.3 Å². The maximum absolute atomic E-state index is 12.8. The molecule has 1 aliphatic heterocycles. The molecule has 3 aromatic carbocycles. The number of para-hydroxylation sites is 2. The first-order chi connectivity index (χ1) is 14.9. The maximum Gasteiger partial charge on any atom is 0.229 e. The first-order valence-corrected chi connectivity index (χ1v) is 10.4. The Kier molecular flexibility index (Phi) is 5.76. The molecule has 0 aliphatic carbocycles. The van der Waals surface area contributed by atoms with Crippen molar-refractivity contribution in [3.63, 3.8) is 0 Å². The van der Waals surface area contributed by atoms with Crippen LogP contribution in [0.5, 0.6) is 11.5 Å². The third kappa shape index (κ3) is 4.45. The topological polar surface area (TPSA) is 58.6 Å². The van der Waals surface area contributed by atoms with E-state index < -0.39 is 0 Å². The molecule has 3 aromatic rings. The zero-order valence-electron chi connectivity index (χ0n) is 18.0. The van der Waals surface area contributed by atoms with Crippen LogP contribution in [-0.4, -0.2) is 18.4 Å². The Labute approximate surface area is 182 Å². The largest absolute Gasteiger partial charge is 0.457 e. The van der Waals surface area contributed by atoms with Crippen molar-refractivity contribution >= 4 is 23.2 Å². The van der Waals surface area contributed by atoms with Crippen molar-refractivity contribution in [1.82, 2.24) is 0 Å². The van der Waals surface area contributed by atoms with Gasteiger partial charge in [-0.05, 0) is 67.8 Å². The van der Waals surface area contributed by atoms with Gasteiger partial charge < -0.3 is 15.0 Å². The van der Waals surface area contributed by atoms with Crippen LogP contribution >= 0.6 is 0 Å². The van der Waals surface area contributed by atoms with Crippen molar-refractivity contribution in [2.45, 2.75) is 27.2 Å². The molecule has 2 amide bonds. The summed E-state index contributed by atoms with van der Waals surface area (Å²) in [6, 6.07) is 21.0. The quantitative estimate of drug-likeness (QED) is 0.608. The van der Waals surface area contributed by atoms with Gasteiger partial charge in [-0.15, -0.1) is 0 Å². The minimum absolute atomic E-state index is 0.0143. The van der Waals surface area contributed by atoms with Crippen LogP contribution in [0.4, 0.5) is 11.4 Å². The van der Waals surface area contributed by atoms with Crippen LogP contribution in [-0.2, 0) is 9.59 Å². The number of anilines is 2. The van der Waals surface area contributed by atoms with Crippen molar-refractivity contribution in [2.24, 2.45) is 5.92 Å². The minimum atomic E-state index is -0.380. The molecule has 1 fully saturated rings. The number of carbonyl (C=O) groups is 2. The number of benzene rings is 3. The third-order valence-electron chi connectivity index (χ3n) is 5.65. The van der Waals surface area contributed by atoms with Crippen LogP contribution in [0.25, 0.3) is 0 Å². The van der Waals surface area contributed by atoms with E-state index in [1.807, 2.05) is 87.5 Å². The van der Waals surface area contributed by atoms with Gasteiger partial charge in [0.1, 0.15) is 11.5 Å². The number of aryl methyl sites for hydroxylation is 3. The SMILES string of the molecule is Cc1ccccc1Oc1ccc(NC(=O)[C@@H]2CC(=O)N(c3c(C)cccc3C)C2)cc1. The van der Waals surface area contributed by atoms with Crippen LogP contribution in [0.3, 0.4) is 0 Å². The highest BCUT2D eigenvalue weighted by atomic mass is 16.5. The highest BCUT2D eigenvalue weighted by molar-refractivity contribution is 6.04. The molecular formula is C26H26N2O3. The van der Waals surface area contributed by atoms with Gasteiger partial charge in [-0.3, -0.25) is 9.59 Å². The average Bonchev–Trinajstić information content (AvgIpc) is 3.12. The van der Waals surface area contributed by atoms with E-state index in [4.69, 9.17) is 4.74 Å². The van der Waals surface area contributed by atoms with Crippen molar-refractivity contribution in [1.29, 1.82) is 0 Å². The molecule has 0 bridgehead atoms. The van der Waals surface area contributed by atoms with E-state index in [2.05, 4.69) is 5.32 Å². The van der Waals surface area contributed by atoms with Gasteiger partial charge in [0.2, 0.25) is 11.8 Å². The van der Waals surface area contributed by atoms with Crippen LogP contribution in [0.15, 0.2) is 66.7 Å². The van der Waals surface area contributed by atoms with Crippen molar-refractivity contribution in [3.05, 3.63) is 83.4 Å².